The minimum Gasteiger partial charge on any atom is -0.461 e. The second-order valence-electron chi connectivity index (χ2n) is 4.00. The molecular formula is C12H14N2O6. The first-order valence-electron chi connectivity index (χ1n) is 5.96. The monoisotopic (exact) mass is 282 g/mol. The quantitative estimate of drug-likeness (QED) is 0.426. The van der Waals surface area contributed by atoms with Crippen LogP contribution in [0.3, 0.4) is 0 Å². The molecule has 0 heterocycles. The van der Waals surface area contributed by atoms with E-state index in [1.165, 1.54) is 19.1 Å². The fourth-order valence-corrected chi connectivity index (χ4v) is 1.74. The van der Waals surface area contributed by atoms with E-state index in [9.17, 15) is 25.0 Å². The van der Waals surface area contributed by atoms with Gasteiger partial charge < -0.3 is 4.74 Å². The summed E-state index contributed by atoms with van der Waals surface area (Å²) in [5.41, 5.74) is 0.314. The molecule has 0 aliphatic rings. The number of hydrogen-bond acceptors (Lipinski definition) is 6. The van der Waals surface area contributed by atoms with Crippen LogP contribution in [0.4, 0.5) is 0 Å². The molecule has 2 unspecified atom stereocenters. The number of carbonyl (C=O) groups excluding carboxylic acids is 1. The number of nitrogens with zero attached hydrogens (tertiary/aromatic N) is 2. The van der Waals surface area contributed by atoms with Gasteiger partial charge in [0.25, 0.3) is 0 Å². The van der Waals surface area contributed by atoms with Crippen molar-refractivity contribution in [2.75, 3.05) is 6.61 Å². The molecule has 8 nitrogen and oxygen atoms in total. The second-order valence-corrected chi connectivity index (χ2v) is 4.00. The number of nitro groups is 2. The van der Waals surface area contributed by atoms with Crippen LogP contribution in [0.1, 0.15) is 24.9 Å². The Morgan fingerprint density at radius 1 is 1.20 bits per heavy atom. The number of ether oxygens (including phenoxy) is 1. The van der Waals surface area contributed by atoms with Gasteiger partial charge in [-0.1, -0.05) is 30.3 Å². The average molecular weight is 282 g/mol. The van der Waals surface area contributed by atoms with E-state index in [1.807, 2.05) is 0 Å². The zero-order valence-corrected chi connectivity index (χ0v) is 10.8. The molecule has 8 heteroatoms. The van der Waals surface area contributed by atoms with Gasteiger partial charge in [0.1, 0.15) is 0 Å². The summed E-state index contributed by atoms with van der Waals surface area (Å²) in [5, 5.41) is 22.0. The maximum atomic E-state index is 11.5. The Labute approximate surface area is 114 Å². The molecule has 0 spiro atoms. The zero-order chi connectivity index (χ0) is 15.1. The highest BCUT2D eigenvalue weighted by molar-refractivity contribution is 5.74. The van der Waals surface area contributed by atoms with Crippen LogP contribution in [0.2, 0.25) is 0 Å². The van der Waals surface area contributed by atoms with E-state index in [1.54, 1.807) is 18.2 Å². The molecule has 0 aromatic heterocycles. The maximum absolute atomic E-state index is 11.5. The lowest BCUT2D eigenvalue weighted by atomic mass is 10.0. The second kappa shape index (κ2) is 7.17. The van der Waals surface area contributed by atoms with Crippen LogP contribution in [-0.4, -0.2) is 28.5 Å². The van der Waals surface area contributed by atoms with Gasteiger partial charge in [-0.25, -0.2) is 4.79 Å². The molecule has 0 aliphatic carbocycles. The summed E-state index contributed by atoms with van der Waals surface area (Å²) < 4.78 is 4.58. The zero-order valence-electron chi connectivity index (χ0n) is 10.8. The van der Waals surface area contributed by atoms with E-state index in [0.29, 0.717) is 5.56 Å². The van der Waals surface area contributed by atoms with Crippen molar-refractivity contribution in [3.8, 4) is 0 Å². The molecule has 108 valence electrons. The first-order chi connectivity index (χ1) is 9.47. The predicted molar refractivity (Wildman–Crippen MR) is 68.2 cm³/mol. The van der Waals surface area contributed by atoms with Crippen molar-refractivity contribution < 1.29 is 19.4 Å². The van der Waals surface area contributed by atoms with Crippen molar-refractivity contribution in [2.24, 2.45) is 0 Å². The van der Waals surface area contributed by atoms with E-state index < -0.39 is 34.3 Å². The first kappa shape index (κ1) is 15.5. The Hall–Kier alpha value is -2.51. The maximum Gasteiger partial charge on any atom is 0.381 e. The van der Waals surface area contributed by atoms with Gasteiger partial charge in [0.05, 0.1) is 13.0 Å². The van der Waals surface area contributed by atoms with Gasteiger partial charge >= 0.3 is 12.0 Å². The van der Waals surface area contributed by atoms with Crippen molar-refractivity contribution in [1.82, 2.24) is 0 Å². The van der Waals surface area contributed by atoms with E-state index in [4.69, 9.17) is 0 Å². The topological polar surface area (TPSA) is 113 Å². The minimum absolute atomic E-state index is 0.0162. The van der Waals surface area contributed by atoms with Crippen molar-refractivity contribution in [3.05, 3.63) is 56.1 Å². The van der Waals surface area contributed by atoms with Crippen molar-refractivity contribution in [3.63, 3.8) is 0 Å². The molecule has 20 heavy (non-hydrogen) atoms. The van der Waals surface area contributed by atoms with Gasteiger partial charge in [-0.2, -0.15) is 0 Å². The fourth-order valence-electron chi connectivity index (χ4n) is 1.74. The summed E-state index contributed by atoms with van der Waals surface area (Å²) >= 11 is 0. The molecular weight excluding hydrogens is 268 g/mol. The van der Waals surface area contributed by atoms with Gasteiger partial charge in [-0.05, 0) is 6.92 Å². The molecule has 1 aromatic carbocycles. The minimum atomic E-state index is -1.74. The Morgan fingerprint density at radius 2 is 1.80 bits per heavy atom. The number of esters is 1. The van der Waals surface area contributed by atoms with E-state index in [2.05, 4.69) is 4.74 Å². The van der Waals surface area contributed by atoms with Gasteiger partial charge in [0.2, 0.25) is 6.04 Å². The molecule has 1 rings (SSSR count). The third-order valence-corrected chi connectivity index (χ3v) is 2.70. The lowest BCUT2D eigenvalue weighted by Crippen LogP contribution is -2.34. The molecule has 0 fully saturated rings. The molecule has 0 radical (unpaired) electrons. The molecule has 0 N–H and O–H groups in total. The van der Waals surface area contributed by atoms with Crippen molar-refractivity contribution >= 4 is 5.97 Å². The Bertz CT molecular complexity index is 490. The Balaban J connectivity index is 2.96. The smallest absolute Gasteiger partial charge is 0.381 e. The molecule has 2 atom stereocenters. The number of rotatable bonds is 7. The van der Waals surface area contributed by atoms with Gasteiger partial charge in [0, 0.05) is 15.4 Å². The summed E-state index contributed by atoms with van der Waals surface area (Å²) in [6.45, 7) is 1.49. The average Bonchev–Trinajstić information content (AvgIpc) is 2.39. The molecule has 0 aliphatic heterocycles. The van der Waals surface area contributed by atoms with Crippen molar-refractivity contribution in [2.45, 2.75) is 25.4 Å². The van der Waals surface area contributed by atoms with Crippen molar-refractivity contribution in [1.29, 1.82) is 0 Å². The highest BCUT2D eigenvalue weighted by Crippen LogP contribution is 2.23. The lowest BCUT2D eigenvalue weighted by molar-refractivity contribution is -0.558. The van der Waals surface area contributed by atoms with Crippen LogP contribution in [0.5, 0.6) is 0 Å². The van der Waals surface area contributed by atoms with E-state index in [0.717, 1.165) is 0 Å². The van der Waals surface area contributed by atoms with E-state index >= 15 is 0 Å². The SMILES string of the molecule is CCOC(=O)C(CC(c1ccccc1)[N+](=O)[O-])[N+](=O)[O-]. The van der Waals surface area contributed by atoms with Crippen LogP contribution in [0.15, 0.2) is 30.3 Å². The predicted octanol–water partition coefficient (Wildman–Crippen LogP) is 1.60. The summed E-state index contributed by atoms with van der Waals surface area (Å²) in [4.78, 5) is 32.0. The fraction of sp³-hybridized carbons (Fsp3) is 0.417. The number of benzene rings is 1. The molecule has 0 saturated heterocycles. The summed E-state index contributed by atoms with van der Waals surface area (Å²) in [6, 6.07) is 4.79. The van der Waals surface area contributed by atoms with Crippen LogP contribution in [0.25, 0.3) is 0 Å². The molecule has 0 bridgehead atoms. The Morgan fingerprint density at radius 3 is 2.25 bits per heavy atom. The standard InChI is InChI=1S/C12H14N2O6/c1-2-20-12(15)11(14(18)19)8-10(13(16)17)9-6-4-3-5-7-9/h3-7,10-11H,2,8H2,1H3. The summed E-state index contributed by atoms with van der Waals surface area (Å²) in [5.74, 6) is -1.06. The lowest BCUT2D eigenvalue weighted by Gasteiger charge is -2.12. The number of carbonyl (C=O) groups is 1. The highest BCUT2D eigenvalue weighted by atomic mass is 16.6. The van der Waals surface area contributed by atoms with Crippen LogP contribution >= 0.6 is 0 Å². The molecule has 0 amide bonds. The largest absolute Gasteiger partial charge is 0.461 e. The number of hydrogen-bond donors (Lipinski definition) is 0. The summed E-state index contributed by atoms with van der Waals surface area (Å²) in [7, 11) is 0. The van der Waals surface area contributed by atoms with Crippen LogP contribution in [0, 0.1) is 20.2 Å². The van der Waals surface area contributed by atoms with Crippen LogP contribution in [-0.2, 0) is 9.53 Å². The van der Waals surface area contributed by atoms with Crippen LogP contribution < -0.4 is 0 Å². The summed E-state index contributed by atoms with van der Waals surface area (Å²) in [6.07, 6.45) is -0.539. The molecule has 0 saturated carbocycles. The normalized spacial score (nSPS) is 13.2. The Kier molecular flexibility index (Phi) is 5.57. The highest BCUT2D eigenvalue weighted by Gasteiger charge is 2.39. The van der Waals surface area contributed by atoms with Gasteiger partial charge in [-0.3, -0.25) is 20.2 Å². The first-order valence-corrected chi connectivity index (χ1v) is 5.96. The van der Waals surface area contributed by atoms with Gasteiger partial charge in [0.15, 0.2) is 0 Å². The third kappa shape index (κ3) is 4.01. The third-order valence-electron chi connectivity index (χ3n) is 2.70. The molecule has 1 aromatic rings. The van der Waals surface area contributed by atoms with Gasteiger partial charge in [-0.15, -0.1) is 0 Å². The van der Waals surface area contributed by atoms with E-state index in [-0.39, 0.29) is 6.61 Å².